The molecule has 2 saturated carbocycles. The lowest BCUT2D eigenvalue weighted by Gasteiger charge is -2.15. The molecule has 1 atom stereocenters. The van der Waals surface area contributed by atoms with Crippen molar-refractivity contribution in [1.29, 1.82) is 0 Å². The van der Waals surface area contributed by atoms with Crippen molar-refractivity contribution in [2.45, 2.75) is 42.0 Å². The monoisotopic (exact) mass is 338 g/mol. The fourth-order valence-electron chi connectivity index (χ4n) is 2.86. The van der Waals surface area contributed by atoms with E-state index in [9.17, 15) is 13.2 Å². The van der Waals surface area contributed by atoms with Crippen LogP contribution in [0.2, 0.25) is 0 Å². The first kappa shape index (κ1) is 16.4. The van der Waals surface area contributed by atoms with Gasteiger partial charge >= 0.3 is 5.97 Å². The van der Waals surface area contributed by atoms with Crippen molar-refractivity contribution in [2.75, 3.05) is 13.7 Å². The molecule has 0 aliphatic heterocycles. The summed E-state index contributed by atoms with van der Waals surface area (Å²) in [5.41, 5.74) is 6.14. The van der Waals surface area contributed by atoms with Crippen molar-refractivity contribution in [3.63, 3.8) is 0 Å². The highest BCUT2D eigenvalue weighted by Crippen LogP contribution is 2.49. The van der Waals surface area contributed by atoms with Crippen molar-refractivity contribution in [3.05, 3.63) is 29.8 Å². The molecule has 2 aliphatic rings. The Morgan fingerprint density at radius 1 is 1.35 bits per heavy atom. The SMILES string of the molecule is COC(=O)C1(c2ccc(S(=O)(=O)NCC(N)C3CC3)cc2)CC1. The lowest BCUT2D eigenvalue weighted by Crippen LogP contribution is -2.38. The van der Waals surface area contributed by atoms with E-state index in [4.69, 9.17) is 10.5 Å². The van der Waals surface area contributed by atoms with Gasteiger partial charge in [-0.05, 0) is 49.3 Å². The maximum absolute atomic E-state index is 12.3. The van der Waals surface area contributed by atoms with Gasteiger partial charge in [-0.15, -0.1) is 0 Å². The third-order valence-corrected chi connectivity index (χ3v) is 6.22. The predicted molar refractivity (Wildman–Crippen MR) is 85.3 cm³/mol. The minimum atomic E-state index is -3.57. The molecule has 126 valence electrons. The maximum Gasteiger partial charge on any atom is 0.316 e. The minimum absolute atomic E-state index is 0.127. The predicted octanol–water partition coefficient (Wildman–Crippen LogP) is 0.907. The molecule has 2 aliphatic carbocycles. The number of hydrogen-bond donors (Lipinski definition) is 2. The Morgan fingerprint density at radius 3 is 2.43 bits per heavy atom. The lowest BCUT2D eigenvalue weighted by molar-refractivity contribution is -0.143. The van der Waals surface area contributed by atoms with Gasteiger partial charge in [0, 0.05) is 12.6 Å². The van der Waals surface area contributed by atoms with Crippen molar-refractivity contribution in [3.8, 4) is 0 Å². The van der Waals surface area contributed by atoms with Crippen LogP contribution in [0.5, 0.6) is 0 Å². The van der Waals surface area contributed by atoms with Gasteiger partial charge in [0.25, 0.3) is 0 Å². The van der Waals surface area contributed by atoms with Gasteiger partial charge < -0.3 is 10.5 Å². The Morgan fingerprint density at radius 2 is 1.96 bits per heavy atom. The molecule has 6 nitrogen and oxygen atoms in total. The van der Waals surface area contributed by atoms with Crippen LogP contribution in [0.3, 0.4) is 0 Å². The number of benzene rings is 1. The van der Waals surface area contributed by atoms with Crippen molar-refractivity contribution in [1.82, 2.24) is 4.72 Å². The molecule has 2 fully saturated rings. The van der Waals surface area contributed by atoms with Gasteiger partial charge in [-0.1, -0.05) is 12.1 Å². The molecule has 7 heteroatoms. The fourth-order valence-corrected chi connectivity index (χ4v) is 3.94. The third kappa shape index (κ3) is 3.27. The molecule has 0 bridgehead atoms. The summed E-state index contributed by atoms with van der Waals surface area (Å²) in [6.07, 6.45) is 3.63. The van der Waals surface area contributed by atoms with E-state index in [0.29, 0.717) is 5.92 Å². The van der Waals surface area contributed by atoms with E-state index < -0.39 is 15.4 Å². The Labute approximate surface area is 136 Å². The normalized spacial score (nSPS) is 20.8. The van der Waals surface area contributed by atoms with Gasteiger partial charge in [-0.2, -0.15) is 0 Å². The highest BCUT2D eigenvalue weighted by Gasteiger charge is 2.52. The van der Waals surface area contributed by atoms with Gasteiger partial charge in [0.05, 0.1) is 17.4 Å². The molecule has 0 aromatic heterocycles. The second-order valence-electron chi connectivity index (χ2n) is 6.45. The van der Waals surface area contributed by atoms with E-state index in [1.807, 2.05) is 0 Å². The summed E-state index contributed by atoms with van der Waals surface area (Å²) in [6.45, 7) is 0.251. The van der Waals surface area contributed by atoms with Crippen molar-refractivity contribution in [2.24, 2.45) is 11.7 Å². The average Bonchev–Trinajstić information content (AvgIpc) is 3.44. The standard InChI is InChI=1S/C16H22N2O4S/c1-22-15(19)16(8-9-16)12-4-6-13(7-5-12)23(20,21)18-10-14(17)11-2-3-11/h4-7,11,14,18H,2-3,8-10,17H2,1H3. The van der Waals surface area contributed by atoms with Crippen LogP contribution < -0.4 is 10.5 Å². The smallest absolute Gasteiger partial charge is 0.316 e. The number of methoxy groups -OCH3 is 1. The van der Waals surface area contributed by atoms with Gasteiger partial charge in [0.2, 0.25) is 10.0 Å². The van der Waals surface area contributed by atoms with Gasteiger partial charge in [-0.3, -0.25) is 4.79 Å². The summed E-state index contributed by atoms with van der Waals surface area (Å²) < 4.78 is 32.0. The van der Waals surface area contributed by atoms with Crippen LogP contribution in [0.25, 0.3) is 0 Å². The van der Waals surface area contributed by atoms with Gasteiger partial charge in [-0.25, -0.2) is 13.1 Å². The zero-order chi connectivity index (χ0) is 16.7. The first-order chi connectivity index (χ1) is 10.9. The average molecular weight is 338 g/mol. The molecule has 1 unspecified atom stereocenters. The van der Waals surface area contributed by atoms with E-state index >= 15 is 0 Å². The summed E-state index contributed by atoms with van der Waals surface area (Å²) in [5.74, 6) is 0.177. The molecule has 1 aromatic rings. The molecule has 23 heavy (non-hydrogen) atoms. The number of nitrogens with one attached hydrogen (secondary N) is 1. The molecule has 3 N–H and O–H groups in total. The van der Waals surface area contributed by atoms with E-state index in [-0.39, 0.29) is 23.5 Å². The van der Waals surface area contributed by atoms with Crippen LogP contribution in [0.15, 0.2) is 29.2 Å². The molecule has 0 amide bonds. The minimum Gasteiger partial charge on any atom is -0.468 e. The fraction of sp³-hybridized carbons (Fsp3) is 0.562. The maximum atomic E-state index is 12.3. The Kier molecular flexibility index (Phi) is 4.20. The van der Waals surface area contributed by atoms with Crippen LogP contribution in [-0.2, 0) is 25.0 Å². The van der Waals surface area contributed by atoms with Crippen LogP contribution >= 0.6 is 0 Å². The number of carbonyl (C=O) groups is 1. The van der Waals surface area contributed by atoms with Crippen LogP contribution in [-0.4, -0.2) is 34.1 Å². The largest absolute Gasteiger partial charge is 0.468 e. The Bertz CT molecular complexity index is 691. The lowest BCUT2D eigenvalue weighted by atomic mass is 9.96. The van der Waals surface area contributed by atoms with Gasteiger partial charge in [0.1, 0.15) is 0 Å². The molecule has 1 aromatic carbocycles. The summed E-state index contributed by atoms with van der Waals surface area (Å²) >= 11 is 0. The molecule has 0 spiro atoms. The number of sulfonamides is 1. The van der Waals surface area contributed by atoms with E-state index in [0.717, 1.165) is 31.2 Å². The molecule has 3 rings (SSSR count). The topological polar surface area (TPSA) is 98.5 Å². The number of carbonyl (C=O) groups excluding carboxylic acids is 1. The zero-order valence-corrected chi connectivity index (χ0v) is 13.9. The zero-order valence-electron chi connectivity index (χ0n) is 13.1. The van der Waals surface area contributed by atoms with Gasteiger partial charge in [0.15, 0.2) is 0 Å². The van der Waals surface area contributed by atoms with E-state index in [1.54, 1.807) is 12.1 Å². The second-order valence-corrected chi connectivity index (χ2v) is 8.22. The summed E-state index contributed by atoms with van der Waals surface area (Å²) in [5, 5.41) is 0. The van der Waals surface area contributed by atoms with Crippen LogP contribution in [0.1, 0.15) is 31.2 Å². The quantitative estimate of drug-likeness (QED) is 0.720. The first-order valence-electron chi connectivity index (χ1n) is 7.83. The molecule has 0 radical (unpaired) electrons. The highest BCUT2D eigenvalue weighted by atomic mass is 32.2. The summed E-state index contributed by atoms with van der Waals surface area (Å²) in [7, 11) is -2.21. The molecular formula is C16H22N2O4S. The number of ether oxygens (including phenoxy) is 1. The van der Waals surface area contributed by atoms with Crippen LogP contribution in [0.4, 0.5) is 0 Å². The number of nitrogens with two attached hydrogens (primary N) is 1. The van der Waals surface area contributed by atoms with E-state index in [1.165, 1.54) is 19.2 Å². The van der Waals surface area contributed by atoms with Crippen molar-refractivity contribution < 1.29 is 17.9 Å². The Hall–Kier alpha value is -1.44. The number of rotatable bonds is 7. The van der Waals surface area contributed by atoms with Crippen molar-refractivity contribution >= 4 is 16.0 Å². The molecular weight excluding hydrogens is 316 g/mol. The third-order valence-electron chi connectivity index (χ3n) is 4.78. The molecule has 0 saturated heterocycles. The Balaban J connectivity index is 1.70. The number of hydrogen-bond acceptors (Lipinski definition) is 5. The number of esters is 1. The molecule has 0 heterocycles. The van der Waals surface area contributed by atoms with E-state index in [2.05, 4.69) is 4.72 Å². The highest BCUT2D eigenvalue weighted by molar-refractivity contribution is 7.89. The van der Waals surface area contributed by atoms with Crippen LogP contribution in [0, 0.1) is 5.92 Å². The second kappa shape index (κ2) is 5.89. The summed E-state index contributed by atoms with van der Waals surface area (Å²) in [6, 6.07) is 6.32. The first-order valence-corrected chi connectivity index (χ1v) is 9.31. The summed E-state index contributed by atoms with van der Waals surface area (Å²) in [4.78, 5) is 12.0.